The fourth-order valence-corrected chi connectivity index (χ4v) is 3.31. The third-order valence-electron chi connectivity index (χ3n) is 4.30. The molecule has 3 atom stereocenters. The van der Waals surface area contributed by atoms with Crippen LogP contribution in [0, 0.1) is 5.92 Å². The molecule has 1 heterocycles. The van der Waals surface area contributed by atoms with E-state index in [0.29, 0.717) is 6.10 Å². The number of hydrogen-bond donors (Lipinski definition) is 1. The number of hydrogen-bond acceptors (Lipinski definition) is 3. The van der Waals surface area contributed by atoms with E-state index in [1.54, 1.807) is 0 Å². The lowest BCUT2D eigenvalue weighted by molar-refractivity contribution is -0.122. The molecular weight excluding hydrogens is 238 g/mol. The molecule has 1 N–H and O–H groups in total. The van der Waals surface area contributed by atoms with Crippen molar-refractivity contribution in [1.29, 1.82) is 0 Å². The first kappa shape index (κ1) is 15.3. The van der Waals surface area contributed by atoms with E-state index in [4.69, 9.17) is 9.47 Å². The summed E-state index contributed by atoms with van der Waals surface area (Å²) < 4.78 is 12.0. The Labute approximate surface area is 118 Å². The molecule has 2 aliphatic rings. The first-order valence-electron chi connectivity index (χ1n) is 7.89. The van der Waals surface area contributed by atoms with E-state index in [-0.39, 0.29) is 11.1 Å². The molecule has 0 radical (unpaired) electrons. The molecule has 1 saturated heterocycles. The summed E-state index contributed by atoms with van der Waals surface area (Å²) in [6.07, 6.45) is 6.39. The number of nitrogens with one attached hydrogen (secondary N) is 1. The molecular formula is C16H31NO2. The van der Waals surface area contributed by atoms with Gasteiger partial charge in [0.25, 0.3) is 0 Å². The molecule has 1 saturated carbocycles. The molecule has 3 nitrogen and oxygen atoms in total. The fourth-order valence-electron chi connectivity index (χ4n) is 3.31. The maximum atomic E-state index is 6.52. The minimum atomic E-state index is 0.0311. The van der Waals surface area contributed by atoms with E-state index in [1.165, 1.54) is 25.7 Å². The molecule has 1 aliphatic carbocycles. The SMILES string of the molecule is CC1CCCC(CNC(C)(C)C)(OC2CCOC2)C1. The molecule has 19 heavy (non-hydrogen) atoms. The second kappa shape index (κ2) is 6.11. The second-order valence-corrected chi connectivity index (χ2v) is 7.59. The highest BCUT2D eigenvalue weighted by Crippen LogP contribution is 2.37. The predicted molar refractivity (Wildman–Crippen MR) is 78.4 cm³/mol. The standard InChI is InChI=1S/C16H31NO2/c1-13-6-5-8-16(10-13,12-17-15(2,3)4)19-14-7-9-18-11-14/h13-14,17H,5-12H2,1-4H3. The van der Waals surface area contributed by atoms with Gasteiger partial charge in [0.1, 0.15) is 0 Å². The summed E-state index contributed by atoms with van der Waals surface area (Å²) in [5.74, 6) is 0.776. The zero-order chi connectivity index (χ0) is 13.9. The van der Waals surface area contributed by atoms with Gasteiger partial charge in [0, 0.05) is 18.7 Å². The lowest BCUT2D eigenvalue weighted by Gasteiger charge is -2.43. The van der Waals surface area contributed by atoms with Gasteiger partial charge < -0.3 is 14.8 Å². The summed E-state index contributed by atoms with van der Waals surface area (Å²) in [4.78, 5) is 0. The topological polar surface area (TPSA) is 30.5 Å². The summed E-state index contributed by atoms with van der Waals surface area (Å²) in [6, 6.07) is 0. The van der Waals surface area contributed by atoms with Gasteiger partial charge in [-0.2, -0.15) is 0 Å². The van der Waals surface area contributed by atoms with Crippen LogP contribution >= 0.6 is 0 Å². The molecule has 0 aromatic carbocycles. The highest BCUT2D eigenvalue weighted by atomic mass is 16.6. The molecule has 0 bridgehead atoms. The maximum absolute atomic E-state index is 6.52. The van der Waals surface area contributed by atoms with Gasteiger partial charge in [-0.1, -0.05) is 19.8 Å². The quantitative estimate of drug-likeness (QED) is 0.850. The highest BCUT2D eigenvalue weighted by molar-refractivity contribution is 4.92. The zero-order valence-electron chi connectivity index (χ0n) is 13.1. The van der Waals surface area contributed by atoms with Crippen molar-refractivity contribution in [2.24, 2.45) is 5.92 Å². The Balaban J connectivity index is 1.98. The molecule has 3 heteroatoms. The summed E-state index contributed by atoms with van der Waals surface area (Å²) in [6.45, 7) is 11.7. The van der Waals surface area contributed by atoms with E-state index in [9.17, 15) is 0 Å². The average molecular weight is 269 g/mol. The normalized spacial score (nSPS) is 36.6. The average Bonchev–Trinajstić information content (AvgIpc) is 2.78. The fraction of sp³-hybridized carbons (Fsp3) is 1.00. The highest BCUT2D eigenvalue weighted by Gasteiger charge is 2.39. The molecule has 1 aliphatic heterocycles. The van der Waals surface area contributed by atoms with Crippen LogP contribution in [0.15, 0.2) is 0 Å². The van der Waals surface area contributed by atoms with Crippen molar-refractivity contribution < 1.29 is 9.47 Å². The van der Waals surface area contributed by atoms with Crippen LogP contribution in [-0.4, -0.2) is 37.0 Å². The Kier molecular flexibility index (Phi) is 4.91. The van der Waals surface area contributed by atoms with Crippen molar-refractivity contribution in [3.8, 4) is 0 Å². The van der Waals surface area contributed by atoms with Crippen LogP contribution in [0.5, 0.6) is 0 Å². The molecule has 2 fully saturated rings. The minimum Gasteiger partial charge on any atom is -0.379 e. The van der Waals surface area contributed by atoms with Crippen molar-refractivity contribution in [3.63, 3.8) is 0 Å². The van der Waals surface area contributed by atoms with Gasteiger partial charge in [0.05, 0.1) is 18.3 Å². The number of rotatable bonds is 4. The molecule has 0 aromatic heterocycles. The first-order valence-corrected chi connectivity index (χ1v) is 7.89. The van der Waals surface area contributed by atoms with Gasteiger partial charge in [-0.3, -0.25) is 0 Å². The molecule has 2 rings (SSSR count). The molecule has 0 aromatic rings. The van der Waals surface area contributed by atoms with Crippen LogP contribution < -0.4 is 5.32 Å². The van der Waals surface area contributed by atoms with Crippen molar-refractivity contribution >= 4 is 0 Å². The smallest absolute Gasteiger partial charge is 0.0838 e. The molecule has 0 amide bonds. The van der Waals surface area contributed by atoms with Crippen LogP contribution in [0.1, 0.15) is 59.8 Å². The van der Waals surface area contributed by atoms with Gasteiger partial charge in [0.2, 0.25) is 0 Å². The predicted octanol–water partition coefficient (Wildman–Crippen LogP) is 3.13. The Morgan fingerprint density at radius 3 is 2.68 bits per heavy atom. The Hall–Kier alpha value is -0.120. The van der Waals surface area contributed by atoms with Gasteiger partial charge in [-0.05, 0) is 46.0 Å². The van der Waals surface area contributed by atoms with Crippen molar-refractivity contribution in [2.45, 2.75) is 77.0 Å². The van der Waals surface area contributed by atoms with E-state index >= 15 is 0 Å². The third-order valence-corrected chi connectivity index (χ3v) is 4.30. The van der Waals surface area contributed by atoms with Gasteiger partial charge in [-0.15, -0.1) is 0 Å². The van der Waals surface area contributed by atoms with Crippen molar-refractivity contribution in [3.05, 3.63) is 0 Å². The van der Waals surface area contributed by atoms with Crippen LogP contribution in [0.4, 0.5) is 0 Å². The lowest BCUT2D eigenvalue weighted by atomic mass is 9.78. The van der Waals surface area contributed by atoms with Crippen molar-refractivity contribution in [2.75, 3.05) is 19.8 Å². The number of ether oxygens (including phenoxy) is 2. The van der Waals surface area contributed by atoms with E-state index in [1.807, 2.05) is 0 Å². The van der Waals surface area contributed by atoms with E-state index in [2.05, 4.69) is 33.0 Å². The summed E-state index contributed by atoms with van der Waals surface area (Å²) >= 11 is 0. The second-order valence-electron chi connectivity index (χ2n) is 7.59. The van der Waals surface area contributed by atoms with E-state index in [0.717, 1.165) is 32.1 Å². The minimum absolute atomic E-state index is 0.0311. The van der Waals surface area contributed by atoms with Gasteiger partial charge >= 0.3 is 0 Å². The van der Waals surface area contributed by atoms with Gasteiger partial charge in [-0.25, -0.2) is 0 Å². The molecule has 0 spiro atoms. The van der Waals surface area contributed by atoms with Crippen LogP contribution in [0.3, 0.4) is 0 Å². The summed E-state index contributed by atoms with van der Waals surface area (Å²) in [7, 11) is 0. The van der Waals surface area contributed by atoms with Crippen LogP contribution in [-0.2, 0) is 9.47 Å². The van der Waals surface area contributed by atoms with Crippen molar-refractivity contribution in [1.82, 2.24) is 5.32 Å². The van der Waals surface area contributed by atoms with E-state index < -0.39 is 0 Å². The van der Waals surface area contributed by atoms with Crippen LogP contribution in [0.25, 0.3) is 0 Å². The monoisotopic (exact) mass is 269 g/mol. The first-order chi connectivity index (χ1) is 8.89. The van der Waals surface area contributed by atoms with Gasteiger partial charge in [0.15, 0.2) is 0 Å². The maximum Gasteiger partial charge on any atom is 0.0838 e. The Morgan fingerprint density at radius 1 is 1.32 bits per heavy atom. The summed E-state index contributed by atoms with van der Waals surface area (Å²) in [5.41, 5.74) is 0.187. The Morgan fingerprint density at radius 2 is 2.11 bits per heavy atom. The third kappa shape index (κ3) is 4.73. The summed E-state index contributed by atoms with van der Waals surface area (Å²) in [5, 5.41) is 3.66. The largest absolute Gasteiger partial charge is 0.379 e. The lowest BCUT2D eigenvalue weighted by Crippen LogP contribution is -2.52. The Bertz CT molecular complexity index is 281. The molecule has 112 valence electrons. The van der Waals surface area contributed by atoms with Crippen LogP contribution in [0.2, 0.25) is 0 Å². The molecule has 3 unspecified atom stereocenters. The zero-order valence-corrected chi connectivity index (χ0v) is 13.1.